The van der Waals surface area contributed by atoms with Gasteiger partial charge in [0, 0.05) is 25.0 Å². The molecule has 0 bridgehead atoms. The van der Waals surface area contributed by atoms with Crippen molar-refractivity contribution in [1.82, 2.24) is 5.32 Å². The summed E-state index contributed by atoms with van der Waals surface area (Å²) < 4.78 is 28.1. The lowest BCUT2D eigenvalue weighted by molar-refractivity contribution is -0.139. The maximum Gasteiger partial charge on any atom is 0.346 e. The largest absolute Gasteiger partial charge is 0.480 e. The second-order valence-electron chi connectivity index (χ2n) is 6.27. The molecule has 0 aliphatic heterocycles. The molecule has 2 N–H and O–H groups in total. The maximum absolute atomic E-state index is 12.4. The number of hydrogen-bond donors (Lipinski definition) is 2. The van der Waals surface area contributed by atoms with Crippen LogP contribution in [-0.2, 0) is 24.8 Å². The fourth-order valence-corrected chi connectivity index (χ4v) is 4.27. The number of furan rings is 1. The first-order valence-corrected chi connectivity index (χ1v) is 10.1. The van der Waals surface area contributed by atoms with E-state index in [0.717, 1.165) is 21.9 Å². The standard InChI is InChI=1S/C19H22NO6P/c1-12(27(23,24-2)25-3)20-16(19(21)22)10-13-8-9-15-14-6-4-5-7-17(14)26-18(15)11-13/h4-9,11-12,16,20H,10H2,1-3H3,(H,21,22)/t12-,16+/m1/s1. The molecule has 0 fully saturated rings. The Morgan fingerprint density at radius 3 is 2.48 bits per heavy atom. The van der Waals surface area contributed by atoms with E-state index in [-0.39, 0.29) is 6.42 Å². The van der Waals surface area contributed by atoms with Gasteiger partial charge in [0.05, 0.1) is 0 Å². The summed E-state index contributed by atoms with van der Waals surface area (Å²) in [7, 11) is -0.879. The summed E-state index contributed by atoms with van der Waals surface area (Å²) in [4.78, 5) is 11.7. The van der Waals surface area contributed by atoms with Crippen molar-refractivity contribution in [2.24, 2.45) is 0 Å². The molecule has 0 aliphatic carbocycles. The van der Waals surface area contributed by atoms with Crippen molar-refractivity contribution in [3.63, 3.8) is 0 Å². The molecule has 8 heteroatoms. The van der Waals surface area contributed by atoms with Gasteiger partial charge in [-0.25, -0.2) is 0 Å². The van der Waals surface area contributed by atoms with E-state index in [1.54, 1.807) is 6.92 Å². The van der Waals surface area contributed by atoms with E-state index in [0.29, 0.717) is 5.58 Å². The lowest BCUT2D eigenvalue weighted by atomic mass is 10.0. The van der Waals surface area contributed by atoms with E-state index in [9.17, 15) is 14.5 Å². The van der Waals surface area contributed by atoms with Gasteiger partial charge in [-0.3, -0.25) is 14.7 Å². The Balaban J connectivity index is 1.85. The van der Waals surface area contributed by atoms with Crippen LogP contribution in [-0.4, -0.2) is 37.1 Å². The Hall–Kier alpha value is -2.18. The summed E-state index contributed by atoms with van der Waals surface area (Å²) in [6.07, 6.45) is 0.195. The summed E-state index contributed by atoms with van der Waals surface area (Å²) in [6, 6.07) is 12.4. The van der Waals surface area contributed by atoms with Crippen LogP contribution in [0.2, 0.25) is 0 Å². The normalized spacial score (nSPS) is 14.5. The summed E-state index contributed by atoms with van der Waals surface area (Å²) in [5, 5.41) is 14.4. The highest BCUT2D eigenvalue weighted by Gasteiger charge is 2.33. The topological polar surface area (TPSA) is 98.0 Å². The molecule has 27 heavy (non-hydrogen) atoms. The molecule has 0 radical (unpaired) electrons. The first-order valence-electron chi connectivity index (χ1n) is 8.48. The highest BCUT2D eigenvalue weighted by Crippen LogP contribution is 2.50. The number of benzene rings is 2. The Labute approximate surface area is 156 Å². The first kappa shape index (κ1) is 19.6. The molecule has 7 nitrogen and oxygen atoms in total. The average molecular weight is 391 g/mol. The fraction of sp³-hybridized carbons (Fsp3) is 0.316. The van der Waals surface area contributed by atoms with Crippen molar-refractivity contribution in [2.75, 3.05) is 14.2 Å². The summed E-state index contributed by atoms with van der Waals surface area (Å²) in [6.45, 7) is 1.58. The van der Waals surface area contributed by atoms with Crippen LogP contribution in [0.3, 0.4) is 0 Å². The van der Waals surface area contributed by atoms with Gasteiger partial charge in [0.1, 0.15) is 23.0 Å². The van der Waals surface area contributed by atoms with Gasteiger partial charge in [-0.2, -0.15) is 0 Å². The average Bonchev–Trinajstić information content (AvgIpc) is 3.04. The van der Waals surface area contributed by atoms with E-state index in [4.69, 9.17) is 13.5 Å². The third-order valence-electron chi connectivity index (χ3n) is 4.61. The Morgan fingerprint density at radius 1 is 1.15 bits per heavy atom. The second kappa shape index (κ2) is 7.82. The third kappa shape index (κ3) is 3.92. The highest BCUT2D eigenvalue weighted by molar-refractivity contribution is 7.54. The van der Waals surface area contributed by atoms with Gasteiger partial charge in [-0.05, 0) is 31.0 Å². The van der Waals surface area contributed by atoms with Crippen molar-refractivity contribution in [1.29, 1.82) is 0 Å². The molecule has 3 aromatic rings. The lowest BCUT2D eigenvalue weighted by Gasteiger charge is -2.25. The number of carbonyl (C=O) groups is 1. The van der Waals surface area contributed by atoms with Crippen molar-refractivity contribution in [3.05, 3.63) is 48.0 Å². The molecule has 0 aliphatic rings. The number of rotatable bonds is 8. The van der Waals surface area contributed by atoms with Gasteiger partial charge < -0.3 is 18.6 Å². The van der Waals surface area contributed by atoms with E-state index < -0.39 is 25.4 Å². The Morgan fingerprint density at radius 2 is 1.81 bits per heavy atom. The third-order valence-corrected chi connectivity index (χ3v) is 6.72. The van der Waals surface area contributed by atoms with Gasteiger partial charge in [0.15, 0.2) is 0 Å². The van der Waals surface area contributed by atoms with Crippen LogP contribution < -0.4 is 5.32 Å². The molecule has 2 aromatic carbocycles. The molecule has 2 atom stereocenters. The van der Waals surface area contributed by atoms with Gasteiger partial charge in [-0.1, -0.05) is 30.3 Å². The number of hydrogen-bond acceptors (Lipinski definition) is 6. The quantitative estimate of drug-likeness (QED) is 0.560. The van der Waals surface area contributed by atoms with E-state index >= 15 is 0 Å². The van der Waals surface area contributed by atoms with E-state index in [2.05, 4.69) is 5.32 Å². The van der Waals surface area contributed by atoms with Crippen molar-refractivity contribution in [2.45, 2.75) is 25.2 Å². The smallest absolute Gasteiger partial charge is 0.346 e. The molecule has 0 unspecified atom stereocenters. The minimum Gasteiger partial charge on any atom is -0.480 e. The SMILES string of the molecule is COP(=O)(OC)[C@H](C)N[C@@H](Cc1ccc2c(c1)oc1ccccc12)C(=O)O. The number of carboxylic acids is 1. The van der Waals surface area contributed by atoms with E-state index in [1.807, 2.05) is 42.5 Å². The Bertz CT molecular complexity index is 1010. The predicted molar refractivity (Wildman–Crippen MR) is 103 cm³/mol. The van der Waals surface area contributed by atoms with Gasteiger partial charge >= 0.3 is 13.6 Å². The van der Waals surface area contributed by atoms with Crippen molar-refractivity contribution < 1.29 is 27.9 Å². The highest BCUT2D eigenvalue weighted by atomic mass is 31.2. The summed E-state index contributed by atoms with van der Waals surface area (Å²) >= 11 is 0. The van der Waals surface area contributed by atoms with Crippen LogP contribution in [0.1, 0.15) is 12.5 Å². The molecule has 0 saturated heterocycles. The number of fused-ring (bicyclic) bond motifs is 3. The number of aliphatic carboxylic acids is 1. The minimum absolute atomic E-state index is 0.195. The molecular formula is C19H22NO6P. The van der Waals surface area contributed by atoms with Crippen LogP contribution in [0.25, 0.3) is 21.9 Å². The second-order valence-corrected chi connectivity index (χ2v) is 8.86. The number of nitrogens with one attached hydrogen (secondary N) is 1. The van der Waals surface area contributed by atoms with Crippen LogP contribution in [0.4, 0.5) is 0 Å². The molecule has 0 spiro atoms. The van der Waals surface area contributed by atoms with Gasteiger partial charge in [0.2, 0.25) is 0 Å². The molecule has 3 rings (SSSR count). The zero-order chi connectivity index (χ0) is 19.6. The number of para-hydroxylation sites is 1. The monoisotopic (exact) mass is 391 g/mol. The lowest BCUT2D eigenvalue weighted by Crippen LogP contribution is -2.43. The van der Waals surface area contributed by atoms with Gasteiger partial charge in [0.25, 0.3) is 0 Å². The summed E-state index contributed by atoms with van der Waals surface area (Å²) in [5.41, 5.74) is 2.27. The Kier molecular flexibility index (Phi) is 5.67. The van der Waals surface area contributed by atoms with Crippen molar-refractivity contribution >= 4 is 35.5 Å². The van der Waals surface area contributed by atoms with E-state index in [1.165, 1.54) is 14.2 Å². The zero-order valence-corrected chi connectivity index (χ0v) is 16.2. The fourth-order valence-electron chi connectivity index (χ4n) is 3.12. The summed E-state index contributed by atoms with van der Waals surface area (Å²) in [5.74, 6) is -1.83. The van der Waals surface area contributed by atoms with Crippen molar-refractivity contribution in [3.8, 4) is 0 Å². The van der Waals surface area contributed by atoms with Crippen LogP contribution >= 0.6 is 7.60 Å². The van der Waals surface area contributed by atoms with Crippen LogP contribution in [0.5, 0.6) is 0 Å². The van der Waals surface area contributed by atoms with Crippen LogP contribution in [0.15, 0.2) is 46.9 Å². The first-order chi connectivity index (χ1) is 12.9. The molecule has 144 valence electrons. The molecule has 0 saturated carbocycles. The number of carboxylic acid groups (broad SMARTS) is 1. The molecule has 0 amide bonds. The van der Waals surface area contributed by atoms with Crippen LogP contribution in [0, 0.1) is 0 Å². The molecule has 1 aromatic heterocycles. The maximum atomic E-state index is 12.4. The molecule has 1 heterocycles. The predicted octanol–water partition coefficient (Wildman–Crippen LogP) is 4.00. The zero-order valence-electron chi connectivity index (χ0n) is 15.3. The van der Waals surface area contributed by atoms with Gasteiger partial charge in [-0.15, -0.1) is 0 Å². The minimum atomic E-state index is -3.42. The molecular weight excluding hydrogens is 369 g/mol.